The molecule has 0 aromatic carbocycles. The molecule has 0 spiro atoms. The number of hydrogen-bond acceptors (Lipinski definition) is 3. The van der Waals surface area contributed by atoms with Crippen LogP contribution in [0.3, 0.4) is 0 Å². The highest BCUT2D eigenvalue weighted by Crippen LogP contribution is 2.35. The molecule has 2 aliphatic rings. The SMILES string of the molecule is CN1CC(CCN)C2COCCC21. The molecule has 0 bridgehead atoms. The van der Waals surface area contributed by atoms with Gasteiger partial charge in [0.05, 0.1) is 6.61 Å². The molecule has 0 radical (unpaired) electrons. The predicted molar refractivity (Wildman–Crippen MR) is 52.5 cm³/mol. The molecule has 2 rings (SSSR count). The summed E-state index contributed by atoms with van der Waals surface area (Å²) >= 11 is 0. The van der Waals surface area contributed by atoms with Gasteiger partial charge in [0.2, 0.25) is 0 Å². The first-order valence-electron chi connectivity index (χ1n) is 5.31. The first-order chi connectivity index (χ1) is 6.33. The van der Waals surface area contributed by atoms with Gasteiger partial charge in [0, 0.05) is 25.1 Å². The van der Waals surface area contributed by atoms with Crippen LogP contribution in [0.5, 0.6) is 0 Å². The Morgan fingerprint density at radius 3 is 3.15 bits per heavy atom. The van der Waals surface area contributed by atoms with Crippen molar-refractivity contribution in [1.82, 2.24) is 4.90 Å². The number of fused-ring (bicyclic) bond motifs is 1. The van der Waals surface area contributed by atoms with Gasteiger partial charge in [-0.3, -0.25) is 0 Å². The highest BCUT2D eigenvalue weighted by Gasteiger charge is 2.40. The van der Waals surface area contributed by atoms with Crippen molar-refractivity contribution >= 4 is 0 Å². The van der Waals surface area contributed by atoms with Crippen LogP contribution in [0.15, 0.2) is 0 Å². The minimum absolute atomic E-state index is 0.752. The molecule has 3 unspecified atom stereocenters. The molecule has 0 saturated carbocycles. The summed E-state index contributed by atoms with van der Waals surface area (Å²) in [6.07, 6.45) is 2.37. The van der Waals surface area contributed by atoms with Crippen LogP contribution in [0, 0.1) is 11.8 Å². The Bertz CT molecular complexity index is 174. The van der Waals surface area contributed by atoms with Gasteiger partial charge in [0.1, 0.15) is 0 Å². The van der Waals surface area contributed by atoms with E-state index in [0.717, 1.165) is 44.1 Å². The fraction of sp³-hybridized carbons (Fsp3) is 1.00. The van der Waals surface area contributed by atoms with E-state index in [1.165, 1.54) is 13.0 Å². The van der Waals surface area contributed by atoms with E-state index >= 15 is 0 Å². The van der Waals surface area contributed by atoms with Gasteiger partial charge in [0.25, 0.3) is 0 Å². The standard InChI is InChI=1S/C10H20N2O/c1-12-6-8(2-4-11)9-7-13-5-3-10(9)12/h8-10H,2-7,11H2,1H3. The van der Waals surface area contributed by atoms with E-state index in [-0.39, 0.29) is 0 Å². The van der Waals surface area contributed by atoms with Crippen LogP contribution < -0.4 is 5.73 Å². The third kappa shape index (κ3) is 1.73. The summed E-state index contributed by atoms with van der Waals surface area (Å²) in [6.45, 7) is 3.94. The molecule has 76 valence electrons. The summed E-state index contributed by atoms with van der Waals surface area (Å²) in [7, 11) is 2.24. The molecular formula is C10H20N2O. The lowest BCUT2D eigenvalue weighted by Crippen LogP contribution is -2.37. The molecule has 2 fully saturated rings. The molecule has 2 heterocycles. The lowest BCUT2D eigenvalue weighted by Gasteiger charge is -2.30. The average molecular weight is 184 g/mol. The Hall–Kier alpha value is -0.120. The van der Waals surface area contributed by atoms with Gasteiger partial charge < -0.3 is 15.4 Å². The van der Waals surface area contributed by atoms with Crippen molar-refractivity contribution in [3.8, 4) is 0 Å². The highest BCUT2D eigenvalue weighted by atomic mass is 16.5. The Morgan fingerprint density at radius 2 is 2.38 bits per heavy atom. The van der Waals surface area contributed by atoms with Crippen molar-refractivity contribution in [3.05, 3.63) is 0 Å². The third-order valence-electron chi connectivity index (χ3n) is 3.59. The predicted octanol–water partition coefficient (Wildman–Crippen LogP) is 0.302. The van der Waals surface area contributed by atoms with Crippen molar-refractivity contribution in [3.63, 3.8) is 0 Å². The molecule has 3 heteroatoms. The van der Waals surface area contributed by atoms with E-state index in [1.54, 1.807) is 0 Å². The summed E-state index contributed by atoms with van der Waals surface area (Å²) in [5.74, 6) is 1.53. The number of nitrogens with two attached hydrogens (primary N) is 1. The smallest absolute Gasteiger partial charge is 0.0512 e. The van der Waals surface area contributed by atoms with Crippen LogP contribution in [-0.2, 0) is 4.74 Å². The molecule has 2 aliphatic heterocycles. The highest BCUT2D eigenvalue weighted by molar-refractivity contribution is 4.93. The Morgan fingerprint density at radius 1 is 1.54 bits per heavy atom. The Kier molecular flexibility index (Phi) is 2.86. The van der Waals surface area contributed by atoms with Gasteiger partial charge in [0.15, 0.2) is 0 Å². The topological polar surface area (TPSA) is 38.5 Å². The van der Waals surface area contributed by atoms with E-state index in [9.17, 15) is 0 Å². The molecule has 3 nitrogen and oxygen atoms in total. The molecular weight excluding hydrogens is 164 g/mol. The van der Waals surface area contributed by atoms with Gasteiger partial charge in [-0.25, -0.2) is 0 Å². The van der Waals surface area contributed by atoms with Gasteiger partial charge in [-0.1, -0.05) is 0 Å². The molecule has 2 saturated heterocycles. The number of ether oxygens (including phenoxy) is 1. The fourth-order valence-electron chi connectivity index (χ4n) is 2.91. The first kappa shape index (κ1) is 9.44. The number of nitrogens with zero attached hydrogens (tertiary/aromatic N) is 1. The summed E-state index contributed by atoms with van der Waals surface area (Å²) < 4.78 is 5.54. The van der Waals surface area contributed by atoms with Crippen LogP contribution >= 0.6 is 0 Å². The molecule has 0 amide bonds. The van der Waals surface area contributed by atoms with Gasteiger partial charge in [-0.15, -0.1) is 0 Å². The summed E-state index contributed by atoms with van der Waals surface area (Å²) in [5.41, 5.74) is 5.62. The number of hydrogen-bond donors (Lipinski definition) is 1. The fourth-order valence-corrected chi connectivity index (χ4v) is 2.91. The van der Waals surface area contributed by atoms with E-state index in [2.05, 4.69) is 11.9 Å². The molecule has 0 aromatic rings. The molecule has 2 N–H and O–H groups in total. The van der Waals surface area contributed by atoms with E-state index in [0.29, 0.717) is 0 Å². The number of rotatable bonds is 2. The maximum atomic E-state index is 5.62. The van der Waals surface area contributed by atoms with Crippen molar-refractivity contribution < 1.29 is 4.74 Å². The van der Waals surface area contributed by atoms with E-state index < -0.39 is 0 Å². The normalized spacial score (nSPS) is 40.6. The van der Waals surface area contributed by atoms with Gasteiger partial charge >= 0.3 is 0 Å². The first-order valence-corrected chi connectivity index (χ1v) is 5.31. The molecule has 3 atom stereocenters. The maximum absolute atomic E-state index is 5.62. The minimum Gasteiger partial charge on any atom is -0.381 e. The van der Waals surface area contributed by atoms with Crippen LogP contribution in [-0.4, -0.2) is 44.3 Å². The molecule has 0 aliphatic carbocycles. The molecule has 0 aromatic heterocycles. The Balaban J connectivity index is 1.99. The average Bonchev–Trinajstić information content (AvgIpc) is 2.46. The summed E-state index contributed by atoms with van der Waals surface area (Å²) in [6, 6.07) is 0.769. The lowest BCUT2D eigenvalue weighted by molar-refractivity contribution is 0.0175. The van der Waals surface area contributed by atoms with Crippen LogP contribution in [0.1, 0.15) is 12.8 Å². The van der Waals surface area contributed by atoms with Crippen molar-refractivity contribution in [2.24, 2.45) is 17.6 Å². The quantitative estimate of drug-likeness (QED) is 0.671. The van der Waals surface area contributed by atoms with E-state index in [1.807, 2.05) is 0 Å². The molecule has 13 heavy (non-hydrogen) atoms. The monoisotopic (exact) mass is 184 g/mol. The Labute approximate surface area is 80.2 Å². The van der Waals surface area contributed by atoms with Crippen LogP contribution in [0.25, 0.3) is 0 Å². The van der Waals surface area contributed by atoms with E-state index in [4.69, 9.17) is 10.5 Å². The minimum atomic E-state index is 0.752. The third-order valence-corrected chi connectivity index (χ3v) is 3.59. The summed E-state index contributed by atoms with van der Waals surface area (Å²) in [5, 5.41) is 0. The zero-order chi connectivity index (χ0) is 9.26. The second-order valence-electron chi connectivity index (χ2n) is 4.37. The number of likely N-dealkylation sites (tertiary alicyclic amines) is 1. The van der Waals surface area contributed by atoms with Gasteiger partial charge in [-0.2, -0.15) is 0 Å². The van der Waals surface area contributed by atoms with Crippen molar-refractivity contribution in [2.75, 3.05) is 33.4 Å². The van der Waals surface area contributed by atoms with Crippen LogP contribution in [0.2, 0.25) is 0 Å². The second-order valence-corrected chi connectivity index (χ2v) is 4.37. The zero-order valence-electron chi connectivity index (χ0n) is 8.41. The second kappa shape index (κ2) is 3.95. The van der Waals surface area contributed by atoms with Crippen molar-refractivity contribution in [2.45, 2.75) is 18.9 Å². The largest absolute Gasteiger partial charge is 0.381 e. The zero-order valence-corrected chi connectivity index (χ0v) is 8.41. The van der Waals surface area contributed by atoms with Crippen molar-refractivity contribution in [1.29, 1.82) is 0 Å². The maximum Gasteiger partial charge on any atom is 0.0512 e. The lowest BCUT2D eigenvalue weighted by atomic mass is 9.86. The van der Waals surface area contributed by atoms with Crippen LogP contribution in [0.4, 0.5) is 0 Å². The van der Waals surface area contributed by atoms with Gasteiger partial charge in [-0.05, 0) is 32.4 Å². The summed E-state index contributed by atoms with van der Waals surface area (Å²) in [4.78, 5) is 2.49.